The van der Waals surface area contributed by atoms with Crippen LogP contribution in [0.3, 0.4) is 0 Å². The van der Waals surface area contributed by atoms with Crippen LogP contribution in [-0.4, -0.2) is 20.9 Å². The van der Waals surface area contributed by atoms with Gasteiger partial charge in [-0.3, -0.25) is 14.8 Å². The summed E-state index contributed by atoms with van der Waals surface area (Å²) >= 11 is 6.10. The number of hydrogen-bond donors (Lipinski definition) is 2. The number of benzene rings is 2. The maximum absolute atomic E-state index is 14.3. The molecule has 2 N–H and O–H groups in total. The predicted octanol–water partition coefficient (Wildman–Crippen LogP) is 5.73. The fourth-order valence-electron chi connectivity index (χ4n) is 4.04. The number of aromatic nitrogens is 3. The molecule has 7 heteroatoms. The van der Waals surface area contributed by atoms with E-state index in [0.29, 0.717) is 22.6 Å². The van der Waals surface area contributed by atoms with Crippen LogP contribution < -0.4 is 5.32 Å². The second kappa shape index (κ2) is 8.64. The van der Waals surface area contributed by atoms with E-state index in [0.717, 1.165) is 38.6 Å². The summed E-state index contributed by atoms with van der Waals surface area (Å²) in [6.07, 6.45) is 5.57. The number of carbonyl (C=O) groups is 1. The second-order valence-corrected chi connectivity index (χ2v) is 8.48. The molecule has 0 aliphatic rings. The quantitative estimate of drug-likeness (QED) is 0.353. The van der Waals surface area contributed by atoms with E-state index in [1.165, 1.54) is 6.07 Å². The van der Waals surface area contributed by atoms with Crippen molar-refractivity contribution >= 4 is 39.3 Å². The summed E-state index contributed by atoms with van der Waals surface area (Å²) in [5, 5.41) is 5.25. The summed E-state index contributed by atoms with van der Waals surface area (Å²) in [5.41, 5.74) is 5.41. The lowest BCUT2D eigenvalue weighted by Crippen LogP contribution is -2.23. The zero-order valence-electron chi connectivity index (χ0n) is 17.8. The molecule has 2 aromatic carbocycles. The van der Waals surface area contributed by atoms with Crippen molar-refractivity contribution in [3.8, 4) is 0 Å². The highest BCUT2D eigenvalue weighted by atomic mass is 35.5. The Bertz CT molecular complexity index is 1510. The van der Waals surface area contributed by atoms with Gasteiger partial charge >= 0.3 is 0 Å². The van der Waals surface area contributed by atoms with Crippen molar-refractivity contribution in [1.29, 1.82) is 0 Å². The van der Waals surface area contributed by atoms with Crippen molar-refractivity contribution in [3.63, 3.8) is 0 Å². The molecule has 3 aromatic heterocycles. The first-order valence-electron chi connectivity index (χ1n) is 10.5. The van der Waals surface area contributed by atoms with Gasteiger partial charge in [-0.25, -0.2) is 4.39 Å². The van der Waals surface area contributed by atoms with Gasteiger partial charge in [-0.15, -0.1) is 0 Å². The molecule has 0 atom stereocenters. The highest BCUT2D eigenvalue weighted by Crippen LogP contribution is 2.23. The van der Waals surface area contributed by atoms with Gasteiger partial charge in [0, 0.05) is 59.3 Å². The highest BCUT2D eigenvalue weighted by molar-refractivity contribution is 6.31. The van der Waals surface area contributed by atoms with E-state index in [1.54, 1.807) is 36.8 Å². The Balaban J connectivity index is 1.33. The van der Waals surface area contributed by atoms with E-state index in [1.807, 2.05) is 25.1 Å². The number of fused-ring (bicyclic) bond motifs is 2. The molecule has 0 saturated heterocycles. The Morgan fingerprint density at radius 1 is 1.09 bits per heavy atom. The third-order valence-corrected chi connectivity index (χ3v) is 5.83. The Morgan fingerprint density at radius 2 is 1.97 bits per heavy atom. The summed E-state index contributed by atoms with van der Waals surface area (Å²) in [4.78, 5) is 24.5. The minimum Gasteiger partial charge on any atom is -0.361 e. The third-order valence-electron chi connectivity index (χ3n) is 5.62. The standard InChI is InChI=1S/C26H20ClFN4O/c1-15-6-16(7-19-10-21(27)14-31-25(15)19)8-22-11-18(3-4-29-22)26(33)32-13-20-9-17-2-5-30-24(17)12-23(20)28/h2-7,9-12,14,30H,8,13H2,1H3,(H,32,33). The molecular formula is C26H20ClFN4O. The lowest BCUT2D eigenvalue weighted by molar-refractivity contribution is 0.0950. The Hall–Kier alpha value is -3.77. The first-order valence-corrected chi connectivity index (χ1v) is 10.9. The molecule has 3 heterocycles. The topological polar surface area (TPSA) is 70.7 Å². The molecule has 0 bridgehead atoms. The number of nitrogens with zero attached hydrogens (tertiary/aromatic N) is 2. The zero-order chi connectivity index (χ0) is 22.9. The molecule has 0 saturated carbocycles. The number of H-pyrrole nitrogens is 1. The first-order chi connectivity index (χ1) is 16.0. The van der Waals surface area contributed by atoms with Gasteiger partial charge in [-0.1, -0.05) is 17.7 Å². The predicted molar refractivity (Wildman–Crippen MR) is 128 cm³/mol. The summed E-state index contributed by atoms with van der Waals surface area (Å²) in [7, 11) is 0. The summed E-state index contributed by atoms with van der Waals surface area (Å²) in [5.74, 6) is -0.639. The SMILES string of the molecule is Cc1cc(Cc2cc(C(=O)NCc3cc4cc[nH]c4cc3F)ccn2)cc2cc(Cl)cnc12. The van der Waals surface area contributed by atoms with Crippen LogP contribution in [0, 0.1) is 12.7 Å². The third kappa shape index (κ3) is 4.43. The van der Waals surface area contributed by atoms with Gasteiger partial charge < -0.3 is 10.3 Å². The van der Waals surface area contributed by atoms with Crippen LogP contribution in [0.1, 0.15) is 32.7 Å². The van der Waals surface area contributed by atoms with E-state index >= 15 is 0 Å². The van der Waals surface area contributed by atoms with Crippen LogP contribution >= 0.6 is 11.6 Å². The van der Waals surface area contributed by atoms with E-state index < -0.39 is 0 Å². The monoisotopic (exact) mass is 458 g/mol. The number of rotatable bonds is 5. The highest BCUT2D eigenvalue weighted by Gasteiger charge is 2.11. The molecule has 1 amide bonds. The van der Waals surface area contributed by atoms with Crippen LogP contribution in [0.15, 0.2) is 67.1 Å². The molecule has 0 radical (unpaired) electrons. The minimum absolute atomic E-state index is 0.0983. The number of nitrogens with one attached hydrogen (secondary N) is 2. The van der Waals surface area contributed by atoms with E-state index in [2.05, 4.69) is 26.3 Å². The molecule has 164 valence electrons. The van der Waals surface area contributed by atoms with Crippen molar-refractivity contribution in [3.05, 3.63) is 106 Å². The second-order valence-electron chi connectivity index (χ2n) is 8.04. The number of aromatic amines is 1. The molecule has 0 aliphatic heterocycles. The van der Waals surface area contributed by atoms with Crippen LogP contribution in [0.2, 0.25) is 5.02 Å². The fourth-order valence-corrected chi connectivity index (χ4v) is 4.21. The first kappa shape index (κ1) is 21.1. The largest absolute Gasteiger partial charge is 0.361 e. The van der Waals surface area contributed by atoms with Gasteiger partial charge in [0.2, 0.25) is 0 Å². The number of pyridine rings is 2. The van der Waals surface area contributed by atoms with Gasteiger partial charge in [0.1, 0.15) is 5.82 Å². The maximum atomic E-state index is 14.3. The Morgan fingerprint density at radius 3 is 2.85 bits per heavy atom. The number of amides is 1. The van der Waals surface area contributed by atoms with Gasteiger partial charge in [-0.05, 0) is 65.9 Å². The molecule has 5 nitrogen and oxygen atoms in total. The molecule has 5 aromatic rings. The van der Waals surface area contributed by atoms with E-state index in [4.69, 9.17) is 11.6 Å². The number of carbonyl (C=O) groups excluding carboxylic acids is 1. The lowest BCUT2D eigenvalue weighted by Gasteiger charge is -2.09. The summed E-state index contributed by atoms with van der Waals surface area (Å²) < 4.78 is 14.3. The van der Waals surface area contributed by atoms with Crippen molar-refractivity contribution in [1.82, 2.24) is 20.3 Å². The lowest BCUT2D eigenvalue weighted by atomic mass is 10.0. The maximum Gasteiger partial charge on any atom is 0.251 e. The van der Waals surface area contributed by atoms with Gasteiger partial charge in [-0.2, -0.15) is 0 Å². The molecule has 0 unspecified atom stereocenters. The van der Waals surface area contributed by atoms with Crippen LogP contribution in [0.4, 0.5) is 4.39 Å². The van der Waals surface area contributed by atoms with Crippen LogP contribution in [0.5, 0.6) is 0 Å². The summed E-state index contributed by atoms with van der Waals surface area (Å²) in [6.45, 7) is 2.11. The minimum atomic E-state index is -0.359. The molecule has 0 aliphatic carbocycles. The van der Waals surface area contributed by atoms with Gasteiger partial charge in [0.25, 0.3) is 5.91 Å². The smallest absolute Gasteiger partial charge is 0.251 e. The van der Waals surface area contributed by atoms with E-state index in [9.17, 15) is 9.18 Å². The molecule has 0 spiro atoms. The normalized spacial score (nSPS) is 11.2. The average molecular weight is 459 g/mol. The zero-order valence-corrected chi connectivity index (χ0v) is 18.6. The summed E-state index contributed by atoms with van der Waals surface area (Å²) in [6, 6.07) is 14.5. The average Bonchev–Trinajstić information content (AvgIpc) is 3.24. The molecular weight excluding hydrogens is 439 g/mol. The molecule has 33 heavy (non-hydrogen) atoms. The van der Waals surface area contributed by atoms with E-state index in [-0.39, 0.29) is 18.3 Å². The van der Waals surface area contributed by atoms with Crippen molar-refractivity contribution < 1.29 is 9.18 Å². The number of hydrogen-bond acceptors (Lipinski definition) is 3. The fraction of sp³-hybridized carbons (Fsp3) is 0.115. The van der Waals surface area contributed by atoms with Crippen LogP contribution in [0.25, 0.3) is 21.8 Å². The Labute approximate surface area is 194 Å². The Kier molecular flexibility index (Phi) is 5.52. The van der Waals surface area contributed by atoms with Gasteiger partial charge in [0.05, 0.1) is 10.5 Å². The number of aryl methyl sites for hydroxylation is 1. The van der Waals surface area contributed by atoms with Crippen molar-refractivity contribution in [2.45, 2.75) is 19.9 Å². The number of halogens is 2. The molecule has 0 fully saturated rings. The van der Waals surface area contributed by atoms with Crippen molar-refractivity contribution in [2.75, 3.05) is 0 Å². The molecule has 5 rings (SSSR count). The van der Waals surface area contributed by atoms with Crippen molar-refractivity contribution in [2.24, 2.45) is 0 Å². The van der Waals surface area contributed by atoms with Gasteiger partial charge in [0.15, 0.2) is 0 Å². The van der Waals surface area contributed by atoms with Crippen LogP contribution in [-0.2, 0) is 13.0 Å².